The van der Waals surface area contributed by atoms with Crippen LogP contribution in [0.25, 0.3) is 0 Å². The molecule has 0 aliphatic carbocycles. The van der Waals surface area contributed by atoms with Gasteiger partial charge in [0.25, 0.3) is 5.91 Å². The lowest BCUT2D eigenvalue weighted by Gasteiger charge is -2.10. The van der Waals surface area contributed by atoms with E-state index in [9.17, 15) is 4.79 Å². The molecule has 0 aromatic heterocycles. The fourth-order valence-corrected chi connectivity index (χ4v) is 2.57. The van der Waals surface area contributed by atoms with Gasteiger partial charge in [-0.05, 0) is 24.1 Å². The second-order valence-electron chi connectivity index (χ2n) is 6.10. The Kier molecular flexibility index (Phi) is 6.51. The van der Waals surface area contributed by atoms with Crippen LogP contribution in [-0.2, 0) is 16.1 Å². The molecular weight excluding hydrogens is 346 g/mol. The van der Waals surface area contributed by atoms with Gasteiger partial charge in [-0.25, -0.2) is 0 Å². The Morgan fingerprint density at radius 2 is 1.89 bits per heavy atom. The third-order valence-electron chi connectivity index (χ3n) is 3.92. The van der Waals surface area contributed by atoms with Gasteiger partial charge in [0, 0.05) is 24.6 Å². The second kappa shape index (κ2) is 9.47. The lowest BCUT2D eigenvalue weighted by molar-refractivity contribution is -0.120. The zero-order valence-corrected chi connectivity index (χ0v) is 15.0. The fourth-order valence-electron chi connectivity index (χ4n) is 2.57. The van der Waals surface area contributed by atoms with Crippen molar-refractivity contribution in [1.82, 2.24) is 0 Å². The Labute approximate surface area is 158 Å². The molecule has 0 bridgehead atoms. The minimum Gasteiger partial charge on any atom is -0.490 e. The summed E-state index contributed by atoms with van der Waals surface area (Å²) in [7, 11) is 0. The summed E-state index contributed by atoms with van der Waals surface area (Å²) in [6, 6.07) is 15.2. The number of amidine groups is 1. The van der Waals surface area contributed by atoms with E-state index in [1.54, 1.807) is 18.2 Å². The number of nitrogens with one attached hydrogen (secondary N) is 1. The third-order valence-corrected chi connectivity index (χ3v) is 3.92. The Morgan fingerprint density at radius 1 is 1.11 bits per heavy atom. The summed E-state index contributed by atoms with van der Waals surface area (Å²) in [6.07, 6.45) is 2.16. The number of aryl methyl sites for hydroxylation is 1. The van der Waals surface area contributed by atoms with Crippen molar-refractivity contribution >= 4 is 17.4 Å². The van der Waals surface area contributed by atoms with Crippen LogP contribution in [0.3, 0.4) is 0 Å². The molecule has 0 atom stereocenters. The minimum absolute atomic E-state index is 0.222. The summed E-state index contributed by atoms with van der Waals surface area (Å²) in [4.78, 5) is 17.0. The molecule has 0 saturated carbocycles. The van der Waals surface area contributed by atoms with Crippen LogP contribution in [0.1, 0.15) is 18.4 Å². The molecule has 142 valence electrons. The Bertz CT molecular complexity index is 793. The van der Waals surface area contributed by atoms with Crippen molar-refractivity contribution in [2.75, 3.05) is 25.1 Å². The maximum Gasteiger partial charge on any atom is 0.265 e. The SMILES string of the molecule is N/C(CCc1ccccc1)=N\OCC(=O)Nc1ccc2c(c1)OCCCO2. The van der Waals surface area contributed by atoms with Gasteiger partial charge in [-0.3, -0.25) is 4.79 Å². The van der Waals surface area contributed by atoms with Gasteiger partial charge < -0.3 is 25.4 Å². The molecule has 7 nitrogen and oxygen atoms in total. The molecule has 7 heteroatoms. The standard InChI is InChI=1S/C20H23N3O4/c21-19(10-7-15-5-2-1-3-6-15)23-27-14-20(24)22-16-8-9-17-18(13-16)26-12-4-11-25-17/h1-3,5-6,8-9,13H,4,7,10-12,14H2,(H2,21,23)(H,22,24). The maximum absolute atomic E-state index is 12.0. The van der Waals surface area contributed by atoms with E-state index in [0.717, 1.165) is 12.8 Å². The van der Waals surface area contributed by atoms with Gasteiger partial charge >= 0.3 is 0 Å². The number of anilines is 1. The van der Waals surface area contributed by atoms with Crippen LogP contribution in [0, 0.1) is 0 Å². The Balaban J connectivity index is 1.43. The molecule has 0 spiro atoms. The van der Waals surface area contributed by atoms with Crippen LogP contribution < -0.4 is 20.5 Å². The molecule has 2 aromatic rings. The van der Waals surface area contributed by atoms with E-state index in [2.05, 4.69) is 10.5 Å². The average Bonchev–Trinajstić information content (AvgIpc) is 2.92. The molecule has 0 unspecified atom stereocenters. The van der Waals surface area contributed by atoms with Crippen molar-refractivity contribution in [2.24, 2.45) is 10.9 Å². The van der Waals surface area contributed by atoms with Gasteiger partial charge in [-0.15, -0.1) is 0 Å². The normalized spacial score (nSPS) is 13.6. The van der Waals surface area contributed by atoms with Crippen LogP contribution in [0.2, 0.25) is 0 Å². The number of carbonyl (C=O) groups excluding carboxylic acids is 1. The van der Waals surface area contributed by atoms with Gasteiger partial charge in [-0.1, -0.05) is 35.5 Å². The molecule has 1 aliphatic heterocycles. The zero-order chi connectivity index (χ0) is 18.9. The number of carbonyl (C=O) groups is 1. The number of fused-ring (bicyclic) bond motifs is 1. The molecule has 1 heterocycles. The third kappa shape index (κ3) is 5.91. The first-order valence-electron chi connectivity index (χ1n) is 8.88. The molecule has 27 heavy (non-hydrogen) atoms. The molecular formula is C20H23N3O4. The van der Waals surface area contributed by atoms with Crippen LogP contribution >= 0.6 is 0 Å². The first-order valence-corrected chi connectivity index (χ1v) is 8.88. The number of benzene rings is 2. The highest BCUT2D eigenvalue weighted by atomic mass is 16.6. The molecule has 0 saturated heterocycles. The van der Waals surface area contributed by atoms with Gasteiger partial charge in [0.2, 0.25) is 0 Å². The van der Waals surface area contributed by atoms with Gasteiger partial charge in [-0.2, -0.15) is 0 Å². The molecule has 0 radical (unpaired) electrons. The Morgan fingerprint density at radius 3 is 2.70 bits per heavy atom. The molecule has 3 N–H and O–H groups in total. The van der Waals surface area contributed by atoms with Gasteiger partial charge in [0.1, 0.15) is 5.84 Å². The van der Waals surface area contributed by atoms with Crippen LogP contribution in [-0.4, -0.2) is 31.6 Å². The lowest BCUT2D eigenvalue weighted by atomic mass is 10.1. The zero-order valence-electron chi connectivity index (χ0n) is 15.0. The summed E-state index contributed by atoms with van der Waals surface area (Å²) in [5.74, 6) is 1.32. The lowest BCUT2D eigenvalue weighted by Crippen LogP contribution is -2.19. The first kappa shape index (κ1) is 18.6. The number of amides is 1. The maximum atomic E-state index is 12.0. The van der Waals surface area contributed by atoms with Crippen molar-refractivity contribution in [3.8, 4) is 11.5 Å². The fraction of sp³-hybridized carbons (Fsp3) is 0.300. The van der Waals surface area contributed by atoms with E-state index in [0.29, 0.717) is 42.7 Å². The predicted molar refractivity (Wildman–Crippen MR) is 103 cm³/mol. The molecule has 1 aliphatic rings. The predicted octanol–water partition coefficient (Wildman–Crippen LogP) is 2.71. The second-order valence-corrected chi connectivity index (χ2v) is 6.10. The van der Waals surface area contributed by atoms with E-state index in [-0.39, 0.29) is 12.5 Å². The number of nitrogens with two attached hydrogens (primary N) is 1. The summed E-state index contributed by atoms with van der Waals surface area (Å²) in [5, 5.41) is 6.53. The molecule has 2 aromatic carbocycles. The number of nitrogens with zero attached hydrogens (tertiary/aromatic N) is 1. The van der Waals surface area contributed by atoms with Crippen molar-refractivity contribution in [3.05, 3.63) is 54.1 Å². The van der Waals surface area contributed by atoms with E-state index in [1.165, 1.54) is 5.56 Å². The van der Waals surface area contributed by atoms with Gasteiger partial charge in [0.15, 0.2) is 18.1 Å². The number of ether oxygens (including phenoxy) is 2. The number of hydrogen-bond acceptors (Lipinski definition) is 5. The van der Waals surface area contributed by atoms with Crippen LogP contribution in [0.5, 0.6) is 11.5 Å². The van der Waals surface area contributed by atoms with Crippen LogP contribution in [0.4, 0.5) is 5.69 Å². The molecule has 1 amide bonds. The van der Waals surface area contributed by atoms with Crippen LogP contribution in [0.15, 0.2) is 53.7 Å². The van der Waals surface area contributed by atoms with E-state index >= 15 is 0 Å². The highest BCUT2D eigenvalue weighted by molar-refractivity contribution is 5.92. The molecule has 3 rings (SSSR count). The summed E-state index contributed by atoms with van der Waals surface area (Å²) >= 11 is 0. The summed E-state index contributed by atoms with van der Waals surface area (Å²) in [6.45, 7) is 0.987. The Hall–Kier alpha value is -3.22. The van der Waals surface area contributed by atoms with Crippen molar-refractivity contribution in [3.63, 3.8) is 0 Å². The van der Waals surface area contributed by atoms with Gasteiger partial charge in [0.05, 0.1) is 13.2 Å². The summed E-state index contributed by atoms with van der Waals surface area (Å²) in [5.41, 5.74) is 7.59. The number of rotatable bonds is 7. The molecule has 0 fully saturated rings. The van der Waals surface area contributed by atoms with Crippen molar-refractivity contribution in [1.29, 1.82) is 0 Å². The highest BCUT2D eigenvalue weighted by Crippen LogP contribution is 2.32. The van der Waals surface area contributed by atoms with E-state index in [1.807, 2.05) is 30.3 Å². The summed E-state index contributed by atoms with van der Waals surface area (Å²) < 4.78 is 11.2. The van der Waals surface area contributed by atoms with Crippen molar-refractivity contribution < 1.29 is 19.1 Å². The van der Waals surface area contributed by atoms with E-state index < -0.39 is 0 Å². The average molecular weight is 369 g/mol. The minimum atomic E-state index is -0.330. The quantitative estimate of drug-likeness (QED) is 0.444. The highest BCUT2D eigenvalue weighted by Gasteiger charge is 2.12. The van der Waals surface area contributed by atoms with E-state index in [4.69, 9.17) is 20.0 Å². The number of oxime groups is 1. The smallest absolute Gasteiger partial charge is 0.265 e. The topological polar surface area (TPSA) is 95.2 Å². The largest absolute Gasteiger partial charge is 0.490 e. The number of hydrogen-bond donors (Lipinski definition) is 2. The monoisotopic (exact) mass is 369 g/mol. The first-order chi connectivity index (χ1) is 13.2. The van der Waals surface area contributed by atoms with Crippen molar-refractivity contribution in [2.45, 2.75) is 19.3 Å².